The molecule has 1 N–H and O–H groups in total. The van der Waals surface area contributed by atoms with Crippen molar-refractivity contribution in [3.63, 3.8) is 0 Å². The van der Waals surface area contributed by atoms with E-state index >= 15 is 0 Å². The normalized spacial score (nSPS) is 14.1. The van der Waals surface area contributed by atoms with Crippen LogP contribution in [-0.4, -0.2) is 25.6 Å². The van der Waals surface area contributed by atoms with Gasteiger partial charge in [0.1, 0.15) is 5.75 Å². The van der Waals surface area contributed by atoms with Gasteiger partial charge in [0.05, 0.1) is 23.0 Å². The minimum atomic E-state index is -0.252. The van der Waals surface area contributed by atoms with Crippen molar-refractivity contribution in [1.82, 2.24) is 0 Å². The summed E-state index contributed by atoms with van der Waals surface area (Å²) in [6.45, 7) is 1.84. The van der Waals surface area contributed by atoms with Gasteiger partial charge in [-0.2, -0.15) is 5.26 Å². The predicted octanol–water partition coefficient (Wildman–Crippen LogP) is 4.61. The Hall–Kier alpha value is -2.71. The first-order chi connectivity index (χ1) is 13.2. The van der Waals surface area contributed by atoms with Gasteiger partial charge in [-0.1, -0.05) is 24.4 Å². The molecule has 0 saturated carbocycles. The van der Waals surface area contributed by atoms with Gasteiger partial charge >= 0.3 is 0 Å². The summed E-state index contributed by atoms with van der Waals surface area (Å²) in [5.74, 6) is 0.292. The lowest BCUT2D eigenvalue weighted by Crippen LogP contribution is -2.27. The number of carbonyl (C=O) groups is 1. The van der Waals surface area contributed by atoms with E-state index in [0.717, 1.165) is 31.6 Å². The molecule has 2 aromatic carbocycles. The summed E-state index contributed by atoms with van der Waals surface area (Å²) in [5.41, 5.74) is 2.25. The minimum Gasteiger partial charge on any atom is -0.484 e. The van der Waals surface area contributed by atoms with Crippen LogP contribution < -0.4 is 15.0 Å². The Kier molecular flexibility index (Phi) is 6.56. The number of rotatable bonds is 5. The maximum absolute atomic E-state index is 12.4. The molecule has 0 aromatic heterocycles. The number of hydrogen-bond donors (Lipinski definition) is 1. The van der Waals surface area contributed by atoms with Crippen LogP contribution in [0, 0.1) is 11.3 Å². The number of halogens is 1. The number of benzene rings is 2. The fourth-order valence-electron chi connectivity index (χ4n) is 3.16. The molecular formula is C21H22ClN3O2. The predicted molar refractivity (Wildman–Crippen MR) is 107 cm³/mol. The molecule has 0 bridgehead atoms. The molecule has 0 radical (unpaired) electrons. The SMILES string of the molecule is N#Cc1ccc(OCC(=O)Nc2cc(Cl)ccc2N2CCCCCC2)cc1. The molecule has 0 spiro atoms. The number of hydrogen-bond acceptors (Lipinski definition) is 4. The van der Waals surface area contributed by atoms with Crippen LogP contribution >= 0.6 is 11.6 Å². The number of carbonyl (C=O) groups excluding carboxylic acids is 1. The van der Waals surface area contributed by atoms with Crippen LogP contribution in [0.25, 0.3) is 0 Å². The quantitative estimate of drug-likeness (QED) is 0.818. The molecule has 5 nitrogen and oxygen atoms in total. The molecule has 6 heteroatoms. The Morgan fingerprint density at radius 2 is 1.81 bits per heavy atom. The Morgan fingerprint density at radius 3 is 2.48 bits per heavy atom. The van der Waals surface area contributed by atoms with Gasteiger partial charge in [0.2, 0.25) is 0 Å². The highest BCUT2D eigenvalue weighted by Gasteiger charge is 2.16. The van der Waals surface area contributed by atoms with Crippen LogP contribution in [0.2, 0.25) is 5.02 Å². The lowest BCUT2D eigenvalue weighted by Gasteiger charge is -2.25. The highest BCUT2D eigenvalue weighted by Crippen LogP contribution is 2.31. The molecule has 1 saturated heterocycles. The first-order valence-corrected chi connectivity index (χ1v) is 9.51. The van der Waals surface area contributed by atoms with E-state index in [1.807, 2.05) is 18.2 Å². The van der Waals surface area contributed by atoms with Crippen molar-refractivity contribution in [2.45, 2.75) is 25.7 Å². The smallest absolute Gasteiger partial charge is 0.262 e. The number of amides is 1. The van der Waals surface area contributed by atoms with E-state index in [0.29, 0.717) is 22.0 Å². The standard InChI is InChI=1S/C21H22ClN3O2/c22-17-7-10-20(25-11-3-1-2-4-12-25)19(13-17)24-21(26)15-27-18-8-5-16(14-23)6-9-18/h5-10,13H,1-4,11-12,15H2,(H,24,26). The molecule has 27 heavy (non-hydrogen) atoms. The summed E-state index contributed by atoms with van der Waals surface area (Å²) in [4.78, 5) is 14.7. The fourth-order valence-corrected chi connectivity index (χ4v) is 3.33. The van der Waals surface area contributed by atoms with Crippen molar-refractivity contribution in [3.8, 4) is 11.8 Å². The molecule has 1 aliphatic heterocycles. The number of nitrogens with zero attached hydrogens (tertiary/aromatic N) is 2. The largest absolute Gasteiger partial charge is 0.484 e. The van der Waals surface area contributed by atoms with Crippen LogP contribution in [0.3, 0.4) is 0 Å². The van der Waals surface area contributed by atoms with Crippen molar-refractivity contribution in [1.29, 1.82) is 5.26 Å². The highest BCUT2D eigenvalue weighted by molar-refractivity contribution is 6.31. The van der Waals surface area contributed by atoms with Crippen LogP contribution in [0.4, 0.5) is 11.4 Å². The van der Waals surface area contributed by atoms with Crippen LogP contribution in [-0.2, 0) is 4.79 Å². The molecule has 1 amide bonds. The highest BCUT2D eigenvalue weighted by atomic mass is 35.5. The third-order valence-electron chi connectivity index (χ3n) is 4.53. The summed E-state index contributed by atoms with van der Waals surface area (Å²) in [6, 6.07) is 14.3. The van der Waals surface area contributed by atoms with Gasteiger partial charge in [0.15, 0.2) is 6.61 Å². The summed E-state index contributed by atoms with van der Waals surface area (Å²) in [5, 5.41) is 12.3. The topological polar surface area (TPSA) is 65.4 Å². The van der Waals surface area contributed by atoms with E-state index in [1.165, 1.54) is 12.8 Å². The Labute approximate surface area is 164 Å². The maximum Gasteiger partial charge on any atom is 0.262 e. The van der Waals surface area contributed by atoms with Gasteiger partial charge in [-0.25, -0.2) is 0 Å². The number of ether oxygens (including phenoxy) is 1. The molecule has 1 heterocycles. The lowest BCUT2D eigenvalue weighted by atomic mass is 10.2. The molecule has 140 valence electrons. The van der Waals surface area contributed by atoms with Crippen molar-refractivity contribution in [2.24, 2.45) is 0 Å². The monoisotopic (exact) mass is 383 g/mol. The van der Waals surface area contributed by atoms with Gasteiger partial charge in [-0.05, 0) is 55.3 Å². The van der Waals surface area contributed by atoms with Crippen LogP contribution in [0.1, 0.15) is 31.2 Å². The fraction of sp³-hybridized carbons (Fsp3) is 0.333. The number of nitriles is 1. The maximum atomic E-state index is 12.4. The zero-order valence-corrected chi connectivity index (χ0v) is 15.8. The van der Waals surface area contributed by atoms with E-state index in [4.69, 9.17) is 21.6 Å². The Morgan fingerprint density at radius 1 is 1.11 bits per heavy atom. The molecular weight excluding hydrogens is 362 g/mol. The van der Waals surface area contributed by atoms with E-state index in [2.05, 4.69) is 10.2 Å². The molecule has 1 aliphatic rings. The minimum absolute atomic E-state index is 0.113. The van der Waals surface area contributed by atoms with Gasteiger partial charge in [-0.3, -0.25) is 4.79 Å². The molecule has 2 aromatic rings. The third-order valence-corrected chi connectivity index (χ3v) is 4.77. The summed E-state index contributed by atoms with van der Waals surface area (Å²) >= 11 is 6.15. The van der Waals surface area contributed by atoms with Crippen LogP contribution in [0.15, 0.2) is 42.5 Å². The van der Waals surface area contributed by atoms with Crippen molar-refractivity contribution in [3.05, 3.63) is 53.1 Å². The van der Waals surface area contributed by atoms with Gasteiger partial charge < -0.3 is 15.0 Å². The average Bonchev–Trinajstić information content (AvgIpc) is 2.96. The van der Waals surface area contributed by atoms with E-state index in [1.54, 1.807) is 30.3 Å². The van der Waals surface area contributed by atoms with E-state index in [-0.39, 0.29) is 12.5 Å². The zero-order chi connectivity index (χ0) is 19.1. The number of anilines is 2. The third kappa shape index (κ3) is 5.38. The second kappa shape index (κ2) is 9.29. The van der Waals surface area contributed by atoms with Crippen molar-refractivity contribution in [2.75, 3.05) is 29.9 Å². The van der Waals surface area contributed by atoms with E-state index < -0.39 is 0 Å². The summed E-state index contributed by atoms with van der Waals surface area (Å²) in [6.07, 6.45) is 4.78. The first-order valence-electron chi connectivity index (χ1n) is 9.13. The average molecular weight is 384 g/mol. The van der Waals surface area contributed by atoms with Gasteiger partial charge in [0, 0.05) is 18.1 Å². The second-order valence-corrected chi connectivity index (χ2v) is 6.97. The molecule has 1 fully saturated rings. The summed E-state index contributed by atoms with van der Waals surface area (Å²) in [7, 11) is 0. The lowest BCUT2D eigenvalue weighted by molar-refractivity contribution is -0.118. The Balaban J connectivity index is 1.65. The molecule has 3 rings (SSSR count). The van der Waals surface area contributed by atoms with Gasteiger partial charge in [-0.15, -0.1) is 0 Å². The first kappa shape index (κ1) is 19.1. The Bertz CT molecular complexity index is 822. The van der Waals surface area contributed by atoms with Crippen molar-refractivity contribution < 1.29 is 9.53 Å². The number of nitrogens with one attached hydrogen (secondary N) is 1. The zero-order valence-electron chi connectivity index (χ0n) is 15.1. The van der Waals surface area contributed by atoms with Crippen LogP contribution in [0.5, 0.6) is 5.75 Å². The molecule has 0 aliphatic carbocycles. The molecule has 0 unspecified atom stereocenters. The summed E-state index contributed by atoms with van der Waals surface area (Å²) < 4.78 is 5.51. The second-order valence-electron chi connectivity index (χ2n) is 6.54. The van der Waals surface area contributed by atoms with E-state index in [9.17, 15) is 4.79 Å². The van der Waals surface area contributed by atoms with Crippen molar-refractivity contribution >= 4 is 28.9 Å². The molecule has 0 atom stereocenters. The van der Waals surface area contributed by atoms with Gasteiger partial charge in [0.25, 0.3) is 5.91 Å².